The van der Waals surface area contributed by atoms with E-state index in [1.165, 1.54) is 25.7 Å². The van der Waals surface area contributed by atoms with Crippen molar-refractivity contribution >= 4 is 5.91 Å². The van der Waals surface area contributed by atoms with Crippen molar-refractivity contribution in [2.75, 3.05) is 13.1 Å². The van der Waals surface area contributed by atoms with Gasteiger partial charge in [-0.2, -0.15) is 0 Å². The third-order valence-electron chi connectivity index (χ3n) is 3.17. The van der Waals surface area contributed by atoms with Gasteiger partial charge in [0.1, 0.15) is 0 Å². The third kappa shape index (κ3) is 3.00. The molecule has 2 nitrogen and oxygen atoms in total. The number of rotatable bonds is 6. The van der Waals surface area contributed by atoms with Crippen molar-refractivity contribution in [1.29, 1.82) is 0 Å². The third-order valence-corrected chi connectivity index (χ3v) is 3.17. The van der Waals surface area contributed by atoms with Crippen LogP contribution < -0.4 is 0 Å². The number of carbonyl (C=O) groups is 1. The second-order valence-electron chi connectivity index (χ2n) is 4.94. The lowest BCUT2D eigenvalue weighted by Gasteiger charge is -2.22. The first-order valence-electron chi connectivity index (χ1n) is 6.07. The Labute approximate surface area is 86.7 Å². The highest BCUT2D eigenvalue weighted by Gasteiger charge is 2.30. The van der Waals surface area contributed by atoms with E-state index in [0.29, 0.717) is 5.91 Å². The molecule has 0 atom stereocenters. The minimum Gasteiger partial charge on any atom is -0.342 e. The van der Waals surface area contributed by atoms with Crippen molar-refractivity contribution in [2.24, 2.45) is 11.8 Å². The largest absolute Gasteiger partial charge is 0.342 e. The average Bonchev–Trinajstić information content (AvgIpc) is 2.97. The number of carbonyl (C=O) groups excluding carboxylic acids is 1. The smallest absolute Gasteiger partial charge is 0.222 e. The van der Waals surface area contributed by atoms with Gasteiger partial charge in [-0.3, -0.25) is 4.79 Å². The van der Waals surface area contributed by atoms with Crippen LogP contribution in [0.2, 0.25) is 0 Å². The number of hydrogen-bond donors (Lipinski definition) is 0. The highest BCUT2D eigenvalue weighted by molar-refractivity contribution is 5.76. The average molecular weight is 195 g/mol. The molecular formula is C12H21NO. The zero-order valence-corrected chi connectivity index (χ0v) is 9.17. The van der Waals surface area contributed by atoms with Gasteiger partial charge in [0.2, 0.25) is 5.91 Å². The highest BCUT2D eigenvalue weighted by Crippen LogP contribution is 2.33. The number of hydrogen-bond acceptors (Lipinski definition) is 1. The molecule has 14 heavy (non-hydrogen) atoms. The van der Waals surface area contributed by atoms with Crippen molar-refractivity contribution in [3.05, 3.63) is 0 Å². The topological polar surface area (TPSA) is 20.3 Å². The Morgan fingerprint density at radius 3 is 2.00 bits per heavy atom. The lowest BCUT2D eigenvalue weighted by atomic mass is 10.2. The molecule has 2 fully saturated rings. The fourth-order valence-electron chi connectivity index (χ4n) is 1.87. The van der Waals surface area contributed by atoms with E-state index in [4.69, 9.17) is 0 Å². The van der Waals surface area contributed by atoms with Crippen LogP contribution in [0.3, 0.4) is 0 Å². The van der Waals surface area contributed by atoms with E-state index in [9.17, 15) is 4.79 Å². The van der Waals surface area contributed by atoms with E-state index >= 15 is 0 Å². The van der Waals surface area contributed by atoms with Crippen LogP contribution in [0.5, 0.6) is 0 Å². The van der Waals surface area contributed by atoms with Crippen molar-refractivity contribution in [3.8, 4) is 0 Å². The van der Waals surface area contributed by atoms with Crippen molar-refractivity contribution in [2.45, 2.75) is 45.4 Å². The minimum absolute atomic E-state index is 0.395. The molecule has 80 valence electrons. The maximum Gasteiger partial charge on any atom is 0.222 e. The maximum atomic E-state index is 11.8. The molecule has 2 rings (SSSR count). The first kappa shape index (κ1) is 10.0. The summed E-state index contributed by atoms with van der Waals surface area (Å²) in [7, 11) is 0. The van der Waals surface area contributed by atoms with E-state index in [-0.39, 0.29) is 0 Å². The summed E-state index contributed by atoms with van der Waals surface area (Å²) < 4.78 is 0. The van der Waals surface area contributed by atoms with E-state index in [1.807, 2.05) is 0 Å². The van der Waals surface area contributed by atoms with Crippen LogP contribution in [0.15, 0.2) is 0 Å². The molecule has 0 saturated heterocycles. The fraction of sp³-hybridized carbons (Fsp3) is 0.917. The molecule has 1 amide bonds. The van der Waals surface area contributed by atoms with Crippen LogP contribution in [0.1, 0.15) is 45.4 Å². The number of amides is 1. The normalized spacial score (nSPS) is 20.9. The first-order chi connectivity index (χ1) is 6.79. The van der Waals surface area contributed by atoms with Crippen LogP contribution in [0.25, 0.3) is 0 Å². The van der Waals surface area contributed by atoms with E-state index in [2.05, 4.69) is 11.8 Å². The molecule has 2 saturated carbocycles. The van der Waals surface area contributed by atoms with Crippen molar-refractivity contribution < 1.29 is 4.79 Å². The Bertz CT molecular complexity index is 192. The zero-order chi connectivity index (χ0) is 9.97. The van der Waals surface area contributed by atoms with Crippen LogP contribution >= 0.6 is 0 Å². The predicted octanol–water partition coefficient (Wildman–Crippen LogP) is 2.44. The van der Waals surface area contributed by atoms with Crippen molar-refractivity contribution in [1.82, 2.24) is 4.90 Å². The summed E-state index contributed by atoms with van der Waals surface area (Å²) >= 11 is 0. The van der Waals surface area contributed by atoms with Gasteiger partial charge in [-0.15, -0.1) is 0 Å². The summed E-state index contributed by atoms with van der Waals surface area (Å²) in [4.78, 5) is 13.9. The quantitative estimate of drug-likeness (QED) is 0.637. The van der Waals surface area contributed by atoms with E-state index < -0.39 is 0 Å². The van der Waals surface area contributed by atoms with Crippen LogP contribution in [-0.2, 0) is 4.79 Å². The first-order valence-corrected chi connectivity index (χ1v) is 6.07. The van der Waals surface area contributed by atoms with Crippen LogP contribution in [-0.4, -0.2) is 23.9 Å². The zero-order valence-electron chi connectivity index (χ0n) is 9.17. The highest BCUT2D eigenvalue weighted by atomic mass is 16.2. The Morgan fingerprint density at radius 1 is 1.14 bits per heavy atom. The Hall–Kier alpha value is -0.530. The lowest BCUT2D eigenvalue weighted by Crippen LogP contribution is -2.34. The second-order valence-corrected chi connectivity index (χ2v) is 4.94. The van der Waals surface area contributed by atoms with Gasteiger partial charge in [0.15, 0.2) is 0 Å². The molecule has 0 aromatic heterocycles. The summed E-state index contributed by atoms with van der Waals surface area (Å²) in [5.41, 5.74) is 0. The molecule has 0 unspecified atom stereocenters. The Kier molecular flexibility index (Phi) is 3.09. The molecule has 0 aromatic carbocycles. The predicted molar refractivity (Wildman–Crippen MR) is 56.9 cm³/mol. The molecule has 2 heteroatoms. The van der Waals surface area contributed by atoms with Gasteiger partial charge in [-0.05, 0) is 43.9 Å². The Morgan fingerprint density at radius 2 is 1.64 bits per heavy atom. The maximum absolute atomic E-state index is 11.8. The second kappa shape index (κ2) is 4.33. The van der Waals surface area contributed by atoms with Gasteiger partial charge < -0.3 is 4.90 Å². The fourth-order valence-corrected chi connectivity index (χ4v) is 1.87. The lowest BCUT2D eigenvalue weighted by molar-refractivity contribution is -0.131. The Balaban J connectivity index is 1.78. The molecule has 0 spiro atoms. The molecule has 0 aliphatic heterocycles. The van der Waals surface area contributed by atoms with Crippen LogP contribution in [0.4, 0.5) is 0 Å². The molecule has 0 heterocycles. The molecule has 2 aliphatic carbocycles. The summed E-state index contributed by atoms with van der Waals surface area (Å²) in [5, 5.41) is 0. The van der Waals surface area contributed by atoms with Crippen LogP contribution in [0, 0.1) is 11.8 Å². The molecule has 0 aromatic rings. The monoisotopic (exact) mass is 195 g/mol. The van der Waals surface area contributed by atoms with E-state index in [0.717, 1.165) is 37.8 Å². The molecule has 2 aliphatic rings. The van der Waals surface area contributed by atoms with Gasteiger partial charge in [0.25, 0.3) is 0 Å². The minimum atomic E-state index is 0.395. The van der Waals surface area contributed by atoms with Gasteiger partial charge in [0.05, 0.1) is 0 Å². The van der Waals surface area contributed by atoms with Gasteiger partial charge in [0, 0.05) is 19.5 Å². The standard InChI is InChI=1S/C12H21NO/c1-2-3-12(14)13(8-10-4-5-10)9-11-6-7-11/h10-11H,2-9H2,1H3. The molecule has 0 bridgehead atoms. The van der Waals surface area contributed by atoms with Gasteiger partial charge >= 0.3 is 0 Å². The van der Waals surface area contributed by atoms with Gasteiger partial charge in [-0.25, -0.2) is 0 Å². The van der Waals surface area contributed by atoms with Crippen molar-refractivity contribution in [3.63, 3.8) is 0 Å². The molecule has 0 radical (unpaired) electrons. The summed E-state index contributed by atoms with van der Waals surface area (Å²) in [6.07, 6.45) is 7.13. The molecular weight excluding hydrogens is 174 g/mol. The summed E-state index contributed by atoms with van der Waals surface area (Å²) in [6.45, 7) is 4.19. The number of nitrogens with zero attached hydrogens (tertiary/aromatic N) is 1. The molecule has 0 N–H and O–H groups in total. The van der Waals surface area contributed by atoms with E-state index in [1.54, 1.807) is 0 Å². The summed E-state index contributed by atoms with van der Waals surface area (Å²) in [5.74, 6) is 2.08. The SMILES string of the molecule is CCCC(=O)N(CC1CC1)CC1CC1. The van der Waals surface area contributed by atoms with Gasteiger partial charge in [-0.1, -0.05) is 6.92 Å². The summed E-state index contributed by atoms with van der Waals surface area (Å²) in [6, 6.07) is 0.